The fraction of sp³-hybridized carbons (Fsp3) is 0.278. The summed E-state index contributed by atoms with van der Waals surface area (Å²) in [6.45, 7) is 2.59. The number of benzene rings is 2. The lowest BCUT2D eigenvalue weighted by Gasteiger charge is -2.22. The maximum Gasteiger partial charge on any atom is 0.277 e. The molecule has 2 aromatic carbocycles. The lowest BCUT2D eigenvalue weighted by Crippen LogP contribution is -2.32. The van der Waals surface area contributed by atoms with Gasteiger partial charge in [-0.15, -0.1) is 10.2 Å². The van der Waals surface area contributed by atoms with Crippen LogP contribution in [0.5, 0.6) is 0 Å². The summed E-state index contributed by atoms with van der Waals surface area (Å²) in [5, 5.41) is 10.6. The third kappa shape index (κ3) is 4.16. The van der Waals surface area contributed by atoms with Crippen molar-refractivity contribution in [3.05, 3.63) is 48.4 Å². The highest BCUT2D eigenvalue weighted by Gasteiger charge is 2.18. The number of nitrogens with zero attached hydrogens (tertiary/aromatic N) is 3. The Labute approximate surface area is 155 Å². The number of carbonyl (C=O) groups is 1. The maximum atomic E-state index is 12.7. The van der Waals surface area contributed by atoms with Crippen LogP contribution < -0.4 is 4.90 Å². The van der Waals surface area contributed by atoms with Crippen molar-refractivity contribution in [2.75, 3.05) is 23.5 Å². The number of fused-ring (bicyclic) bond motifs is 1. The van der Waals surface area contributed by atoms with Crippen LogP contribution in [0.15, 0.2) is 52.1 Å². The summed E-state index contributed by atoms with van der Waals surface area (Å²) in [5.74, 6) is 1.55. The maximum absolute atomic E-state index is 12.7. The molecular weight excluding hydrogens is 354 g/mol. The van der Waals surface area contributed by atoms with E-state index in [1.54, 1.807) is 16.7 Å². The van der Waals surface area contributed by atoms with Crippen LogP contribution in [-0.4, -0.2) is 34.7 Å². The van der Waals surface area contributed by atoms with Crippen molar-refractivity contribution in [1.29, 1.82) is 0 Å². The molecule has 3 aromatic rings. The summed E-state index contributed by atoms with van der Waals surface area (Å²) in [5.41, 5.74) is 0.930. The van der Waals surface area contributed by atoms with E-state index in [1.807, 2.05) is 43.5 Å². The Morgan fingerprint density at radius 1 is 1.16 bits per heavy atom. The summed E-state index contributed by atoms with van der Waals surface area (Å²) in [4.78, 5) is 14.5. The zero-order chi connectivity index (χ0) is 17.6. The Bertz CT molecular complexity index is 861. The lowest BCUT2D eigenvalue weighted by atomic mass is 10.1. The first-order valence-corrected chi connectivity index (χ1v) is 10.3. The Morgan fingerprint density at radius 3 is 2.76 bits per heavy atom. The minimum absolute atomic E-state index is 0.0217. The molecule has 0 atom stereocenters. The van der Waals surface area contributed by atoms with Gasteiger partial charge in [-0.2, -0.15) is 11.8 Å². The molecule has 0 aliphatic rings. The predicted octanol–water partition coefficient (Wildman–Crippen LogP) is 4.23. The van der Waals surface area contributed by atoms with Crippen molar-refractivity contribution in [1.82, 2.24) is 10.2 Å². The Hall–Kier alpha value is -1.99. The molecule has 1 heterocycles. The molecule has 0 saturated heterocycles. The number of hydrogen-bond donors (Lipinski definition) is 0. The minimum Gasteiger partial charge on any atom is -0.415 e. The fourth-order valence-electron chi connectivity index (χ4n) is 2.60. The van der Waals surface area contributed by atoms with Gasteiger partial charge in [-0.1, -0.05) is 48.2 Å². The first-order valence-electron chi connectivity index (χ1n) is 7.95. The van der Waals surface area contributed by atoms with Gasteiger partial charge in [-0.05, 0) is 24.6 Å². The van der Waals surface area contributed by atoms with Crippen LogP contribution in [-0.2, 0) is 10.5 Å². The van der Waals surface area contributed by atoms with Gasteiger partial charge in [0.25, 0.3) is 5.22 Å². The van der Waals surface area contributed by atoms with E-state index in [-0.39, 0.29) is 11.7 Å². The highest BCUT2D eigenvalue weighted by molar-refractivity contribution is 7.99. The molecule has 1 amide bonds. The molecule has 0 N–H and O–H groups in total. The average molecular weight is 374 g/mol. The van der Waals surface area contributed by atoms with Crippen LogP contribution in [0, 0.1) is 0 Å². The molecule has 0 spiro atoms. The van der Waals surface area contributed by atoms with Crippen LogP contribution in [0.4, 0.5) is 5.69 Å². The van der Waals surface area contributed by atoms with Gasteiger partial charge in [-0.25, -0.2) is 0 Å². The summed E-state index contributed by atoms with van der Waals surface area (Å²) < 4.78 is 5.51. The summed E-state index contributed by atoms with van der Waals surface area (Å²) >= 11 is 2.90. The molecule has 0 aliphatic carbocycles. The van der Waals surface area contributed by atoms with Crippen LogP contribution in [0.3, 0.4) is 0 Å². The van der Waals surface area contributed by atoms with E-state index >= 15 is 0 Å². The largest absolute Gasteiger partial charge is 0.415 e. The topological polar surface area (TPSA) is 59.2 Å². The van der Waals surface area contributed by atoms with Gasteiger partial charge in [0.1, 0.15) is 0 Å². The van der Waals surface area contributed by atoms with Crippen molar-refractivity contribution in [3.63, 3.8) is 0 Å². The number of thioether (sulfide) groups is 2. The first kappa shape index (κ1) is 17.8. The second-order valence-corrected chi connectivity index (χ2v) is 7.11. The zero-order valence-corrected chi connectivity index (χ0v) is 15.8. The number of aromatic nitrogens is 2. The Balaban J connectivity index is 1.74. The minimum atomic E-state index is 0.0217. The third-order valence-electron chi connectivity index (χ3n) is 3.71. The summed E-state index contributed by atoms with van der Waals surface area (Å²) in [7, 11) is 0. The molecule has 3 rings (SSSR count). The standard InChI is InChI=1S/C18H19N3O2S2/c1-3-21(15-10-6-8-13-7-4-5-9-14(13)15)17(22)12-25-18-20-19-16(23-18)11-24-2/h4-10H,3,11-12H2,1-2H3. The molecule has 0 saturated carbocycles. The van der Waals surface area contributed by atoms with Gasteiger partial charge >= 0.3 is 0 Å². The van der Waals surface area contributed by atoms with Crippen molar-refractivity contribution < 1.29 is 9.21 Å². The van der Waals surface area contributed by atoms with Gasteiger partial charge in [0, 0.05) is 11.9 Å². The van der Waals surface area contributed by atoms with Gasteiger partial charge in [0.15, 0.2) is 0 Å². The Morgan fingerprint density at radius 2 is 1.96 bits per heavy atom. The van der Waals surface area contributed by atoms with Crippen molar-refractivity contribution in [2.24, 2.45) is 0 Å². The number of hydrogen-bond acceptors (Lipinski definition) is 6. The van der Waals surface area contributed by atoms with Crippen LogP contribution in [0.25, 0.3) is 10.8 Å². The highest BCUT2D eigenvalue weighted by Crippen LogP contribution is 2.28. The number of rotatable bonds is 7. The highest BCUT2D eigenvalue weighted by atomic mass is 32.2. The van der Waals surface area contributed by atoms with E-state index in [1.165, 1.54) is 11.8 Å². The second-order valence-electron chi connectivity index (χ2n) is 5.32. The molecule has 25 heavy (non-hydrogen) atoms. The molecule has 5 nitrogen and oxygen atoms in total. The molecule has 0 unspecified atom stereocenters. The zero-order valence-electron chi connectivity index (χ0n) is 14.1. The van der Waals surface area contributed by atoms with Crippen LogP contribution in [0.1, 0.15) is 12.8 Å². The van der Waals surface area contributed by atoms with E-state index in [0.717, 1.165) is 16.5 Å². The van der Waals surface area contributed by atoms with E-state index in [0.29, 0.717) is 23.4 Å². The smallest absolute Gasteiger partial charge is 0.277 e. The predicted molar refractivity (Wildman–Crippen MR) is 104 cm³/mol. The molecule has 0 fully saturated rings. The molecular formula is C18H19N3O2S2. The average Bonchev–Trinajstić information content (AvgIpc) is 3.09. The summed E-state index contributed by atoms with van der Waals surface area (Å²) in [6.07, 6.45) is 1.98. The molecule has 0 bridgehead atoms. The summed E-state index contributed by atoms with van der Waals surface area (Å²) in [6, 6.07) is 14.1. The molecule has 7 heteroatoms. The lowest BCUT2D eigenvalue weighted by molar-refractivity contribution is -0.116. The fourth-order valence-corrected chi connectivity index (χ4v) is 3.62. The monoisotopic (exact) mass is 373 g/mol. The van der Waals surface area contributed by atoms with Crippen LogP contribution >= 0.6 is 23.5 Å². The third-order valence-corrected chi connectivity index (χ3v) is 5.05. The molecule has 0 radical (unpaired) electrons. The molecule has 130 valence electrons. The van der Waals surface area contributed by atoms with Crippen molar-refractivity contribution in [3.8, 4) is 0 Å². The molecule has 0 aliphatic heterocycles. The van der Waals surface area contributed by atoms with Gasteiger partial charge in [-0.3, -0.25) is 4.79 Å². The SMILES string of the molecule is CCN(C(=O)CSc1nnc(CSC)o1)c1cccc2ccccc12. The van der Waals surface area contributed by atoms with Gasteiger partial charge in [0.05, 0.1) is 17.2 Å². The van der Waals surface area contributed by atoms with Gasteiger partial charge in [0.2, 0.25) is 11.8 Å². The molecule has 1 aromatic heterocycles. The number of carbonyl (C=O) groups excluding carboxylic acids is 1. The Kier molecular flexibility index (Phi) is 5.99. The van der Waals surface area contributed by atoms with Crippen LogP contribution in [0.2, 0.25) is 0 Å². The number of anilines is 1. The van der Waals surface area contributed by atoms with E-state index < -0.39 is 0 Å². The second kappa shape index (κ2) is 8.40. The quantitative estimate of drug-likeness (QED) is 0.578. The van der Waals surface area contributed by atoms with Crippen molar-refractivity contribution in [2.45, 2.75) is 17.9 Å². The van der Waals surface area contributed by atoms with Crippen molar-refractivity contribution >= 4 is 45.9 Å². The first-order chi connectivity index (χ1) is 12.2. The number of amides is 1. The van der Waals surface area contributed by atoms with E-state index in [2.05, 4.69) is 22.3 Å². The van der Waals surface area contributed by atoms with Gasteiger partial charge < -0.3 is 9.32 Å². The normalized spacial score (nSPS) is 11.0. The van der Waals surface area contributed by atoms with E-state index in [4.69, 9.17) is 4.42 Å². The van der Waals surface area contributed by atoms with E-state index in [9.17, 15) is 4.79 Å².